The van der Waals surface area contributed by atoms with Gasteiger partial charge >= 0.3 is 11.9 Å². The van der Waals surface area contributed by atoms with Gasteiger partial charge in [0.2, 0.25) is 0 Å². The minimum atomic E-state index is -0.948. The summed E-state index contributed by atoms with van der Waals surface area (Å²) < 4.78 is 4.78. The second kappa shape index (κ2) is 14.5. The molecule has 0 radical (unpaired) electrons. The third-order valence-electron chi connectivity index (χ3n) is 3.70. The van der Waals surface area contributed by atoms with Crippen LogP contribution in [0.4, 0.5) is 0 Å². The van der Waals surface area contributed by atoms with Gasteiger partial charge in [-0.2, -0.15) is 0 Å². The van der Waals surface area contributed by atoms with E-state index in [1.54, 1.807) is 0 Å². The molecular weight excluding hydrogens is 356 g/mol. The van der Waals surface area contributed by atoms with Crippen molar-refractivity contribution < 1.29 is 39.5 Å². The molecule has 8 heteroatoms. The Morgan fingerprint density at radius 3 is 2.04 bits per heavy atom. The van der Waals surface area contributed by atoms with Crippen LogP contribution in [0.1, 0.15) is 61.7 Å². The first-order valence-electron chi connectivity index (χ1n) is 8.74. The molecule has 0 aliphatic heterocycles. The van der Waals surface area contributed by atoms with Gasteiger partial charge in [-0.25, -0.2) is 0 Å². The number of phenols is 1. The number of carboxylic acid groups (broad SMARTS) is 2. The molecule has 1 aliphatic carbocycles. The summed E-state index contributed by atoms with van der Waals surface area (Å²) in [6.07, 6.45) is 6.71. The first kappa shape index (κ1) is 24.4. The molecule has 8 nitrogen and oxygen atoms in total. The standard InChI is InChI=1S/C8H8O3.C6H12O.C5H8O4/c1-11-8-4-6(5-9)2-3-7(8)10;7-6-4-2-1-3-5-6;6-4(7)2-1-3-5(8)9/h2-5,10H,1H3;6-7H,1-5H2;1-3H2,(H,6,7)(H,8,9). The van der Waals surface area contributed by atoms with Gasteiger partial charge in [-0.3, -0.25) is 14.4 Å². The normalized spacial score (nSPS) is 13.3. The molecule has 2 rings (SSSR count). The number of hydrogen-bond acceptors (Lipinski definition) is 6. The fourth-order valence-electron chi connectivity index (χ4n) is 2.24. The highest BCUT2D eigenvalue weighted by Gasteiger charge is 2.07. The predicted molar refractivity (Wildman–Crippen MR) is 98.3 cm³/mol. The number of carbonyl (C=O) groups is 3. The van der Waals surface area contributed by atoms with E-state index in [4.69, 9.17) is 25.2 Å². The van der Waals surface area contributed by atoms with Crippen LogP contribution in [0.25, 0.3) is 0 Å². The summed E-state index contributed by atoms with van der Waals surface area (Å²) in [5, 5.41) is 34.1. The highest BCUT2D eigenvalue weighted by atomic mass is 16.5. The predicted octanol–water partition coefficient (Wildman–Crippen LogP) is 2.85. The lowest BCUT2D eigenvalue weighted by Crippen LogP contribution is -2.09. The van der Waals surface area contributed by atoms with Gasteiger partial charge in [0, 0.05) is 18.4 Å². The number of rotatable bonds is 6. The molecule has 152 valence electrons. The van der Waals surface area contributed by atoms with Gasteiger partial charge in [0.15, 0.2) is 11.5 Å². The molecule has 1 aliphatic rings. The molecule has 27 heavy (non-hydrogen) atoms. The van der Waals surface area contributed by atoms with Crippen LogP contribution in [0, 0.1) is 0 Å². The second-order valence-corrected chi connectivity index (χ2v) is 5.98. The number of phenolic OH excluding ortho intramolecular Hbond substituents is 1. The first-order valence-corrected chi connectivity index (χ1v) is 8.74. The number of ether oxygens (including phenoxy) is 1. The fraction of sp³-hybridized carbons (Fsp3) is 0.526. The molecule has 1 saturated carbocycles. The number of aliphatic hydroxyl groups excluding tert-OH is 1. The minimum absolute atomic E-state index is 0.0359. The van der Waals surface area contributed by atoms with Crippen molar-refractivity contribution in [3.63, 3.8) is 0 Å². The zero-order chi connectivity index (χ0) is 20.7. The SMILES string of the molecule is COc1cc(C=O)ccc1O.O=C(O)CCCC(=O)O.OC1CCCCC1. The summed E-state index contributed by atoms with van der Waals surface area (Å²) in [6.45, 7) is 0. The first-order chi connectivity index (χ1) is 12.8. The maximum atomic E-state index is 10.2. The van der Waals surface area contributed by atoms with Crippen LogP contribution in [0.5, 0.6) is 11.5 Å². The summed E-state index contributed by atoms with van der Waals surface area (Å²) in [6, 6.07) is 4.41. The zero-order valence-electron chi connectivity index (χ0n) is 15.5. The van der Waals surface area contributed by atoms with Crippen LogP contribution in [0.2, 0.25) is 0 Å². The van der Waals surface area contributed by atoms with Gasteiger partial charge in [-0.1, -0.05) is 19.3 Å². The van der Waals surface area contributed by atoms with Gasteiger partial charge in [-0.15, -0.1) is 0 Å². The van der Waals surface area contributed by atoms with E-state index < -0.39 is 11.9 Å². The molecule has 0 unspecified atom stereocenters. The highest BCUT2D eigenvalue weighted by molar-refractivity contribution is 5.76. The van der Waals surface area contributed by atoms with Crippen LogP contribution in [0.15, 0.2) is 18.2 Å². The molecule has 1 fully saturated rings. The molecule has 0 atom stereocenters. The molecule has 0 heterocycles. The molecule has 0 amide bonds. The highest BCUT2D eigenvalue weighted by Crippen LogP contribution is 2.25. The number of methoxy groups -OCH3 is 1. The van der Waals surface area contributed by atoms with E-state index in [-0.39, 0.29) is 31.1 Å². The van der Waals surface area contributed by atoms with E-state index in [2.05, 4.69) is 0 Å². The molecular formula is C19H28O8. The summed E-state index contributed by atoms with van der Waals surface area (Å²) in [4.78, 5) is 29.8. The molecule has 4 N–H and O–H groups in total. The van der Waals surface area contributed by atoms with Crippen molar-refractivity contribution in [1.29, 1.82) is 0 Å². The molecule has 0 spiro atoms. The van der Waals surface area contributed by atoms with E-state index in [0.29, 0.717) is 17.6 Å². The van der Waals surface area contributed by atoms with Crippen LogP contribution in [0.3, 0.4) is 0 Å². The number of aliphatic carboxylic acids is 2. The van der Waals surface area contributed by atoms with Crippen LogP contribution in [-0.2, 0) is 9.59 Å². The number of aromatic hydroxyl groups is 1. The van der Waals surface area contributed by atoms with Gasteiger partial charge < -0.3 is 25.2 Å². The van der Waals surface area contributed by atoms with Crippen molar-refractivity contribution in [2.24, 2.45) is 0 Å². The van der Waals surface area contributed by atoms with E-state index in [1.165, 1.54) is 44.6 Å². The lowest BCUT2D eigenvalue weighted by atomic mass is 9.98. The smallest absolute Gasteiger partial charge is 0.303 e. The van der Waals surface area contributed by atoms with Crippen molar-refractivity contribution in [2.75, 3.05) is 7.11 Å². The number of carboxylic acids is 2. The minimum Gasteiger partial charge on any atom is -0.504 e. The number of benzene rings is 1. The van der Waals surface area contributed by atoms with E-state index in [9.17, 15) is 14.4 Å². The number of aliphatic hydroxyl groups is 1. The monoisotopic (exact) mass is 384 g/mol. The lowest BCUT2D eigenvalue weighted by molar-refractivity contribution is -0.138. The van der Waals surface area contributed by atoms with Gasteiger partial charge in [0.25, 0.3) is 0 Å². The Labute approximate surface area is 158 Å². The Bertz CT molecular complexity index is 565. The van der Waals surface area contributed by atoms with Gasteiger partial charge in [-0.05, 0) is 37.5 Å². The van der Waals surface area contributed by atoms with E-state index in [1.807, 2.05) is 0 Å². The lowest BCUT2D eigenvalue weighted by Gasteiger charge is -2.14. The van der Waals surface area contributed by atoms with Crippen LogP contribution >= 0.6 is 0 Å². The van der Waals surface area contributed by atoms with Crippen LogP contribution in [-0.4, -0.2) is 51.9 Å². The van der Waals surface area contributed by atoms with E-state index >= 15 is 0 Å². The average Bonchev–Trinajstić information content (AvgIpc) is 2.63. The molecule has 0 saturated heterocycles. The van der Waals surface area contributed by atoms with E-state index in [0.717, 1.165) is 12.8 Å². The maximum Gasteiger partial charge on any atom is 0.303 e. The summed E-state index contributed by atoms with van der Waals surface area (Å²) in [7, 11) is 1.43. The fourth-order valence-corrected chi connectivity index (χ4v) is 2.24. The van der Waals surface area contributed by atoms with Crippen molar-refractivity contribution in [1.82, 2.24) is 0 Å². The molecule has 1 aromatic carbocycles. The Balaban J connectivity index is 0.000000385. The summed E-state index contributed by atoms with van der Waals surface area (Å²) >= 11 is 0. The molecule has 1 aromatic rings. The number of hydrogen-bond donors (Lipinski definition) is 4. The van der Waals surface area contributed by atoms with Crippen molar-refractivity contribution >= 4 is 18.2 Å². The van der Waals surface area contributed by atoms with Crippen molar-refractivity contribution in [2.45, 2.75) is 57.5 Å². The van der Waals surface area contributed by atoms with Crippen molar-refractivity contribution in [3.8, 4) is 11.5 Å². The van der Waals surface area contributed by atoms with Gasteiger partial charge in [0.05, 0.1) is 13.2 Å². The number of aldehydes is 1. The topological polar surface area (TPSA) is 141 Å². The summed E-state index contributed by atoms with van der Waals surface area (Å²) in [5.74, 6) is -1.54. The average molecular weight is 384 g/mol. The third kappa shape index (κ3) is 13.3. The van der Waals surface area contributed by atoms with Crippen LogP contribution < -0.4 is 4.74 Å². The van der Waals surface area contributed by atoms with Gasteiger partial charge in [0.1, 0.15) is 6.29 Å². The third-order valence-corrected chi connectivity index (χ3v) is 3.70. The largest absolute Gasteiger partial charge is 0.504 e. The summed E-state index contributed by atoms with van der Waals surface area (Å²) in [5.41, 5.74) is 0.486. The molecule has 0 bridgehead atoms. The Morgan fingerprint density at radius 2 is 1.67 bits per heavy atom. The quantitative estimate of drug-likeness (QED) is 0.549. The zero-order valence-corrected chi connectivity index (χ0v) is 15.5. The Hall–Kier alpha value is -2.61. The molecule has 0 aromatic heterocycles. The van der Waals surface area contributed by atoms with Crippen molar-refractivity contribution in [3.05, 3.63) is 23.8 Å². The Morgan fingerprint density at radius 1 is 1.11 bits per heavy atom. The Kier molecular flexibility index (Phi) is 13.1. The maximum absolute atomic E-state index is 10.2. The number of carbonyl (C=O) groups excluding carboxylic acids is 1. The second-order valence-electron chi connectivity index (χ2n) is 5.98.